The predicted octanol–water partition coefficient (Wildman–Crippen LogP) is 3.82. The van der Waals surface area contributed by atoms with Crippen molar-refractivity contribution < 1.29 is 13.9 Å². The predicted molar refractivity (Wildman–Crippen MR) is 79.8 cm³/mol. The number of aromatic nitrogens is 1. The molecule has 0 aliphatic heterocycles. The Hall–Kier alpha value is -1.65. The van der Waals surface area contributed by atoms with Gasteiger partial charge in [0.1, 0.15) is 12.0 Å². The summed E-state index contributed by atoms with van der Waals surface area (Å²) in [5, 5.41) is 0. The quantitative estimate of drug-likeness (QED) is 0.838. The van der Waals surface area contributed by atoms with E-state index >= 15 is 0 Å². The molecule has 1 aliphatic rings. The lowest BCUT2D eigenvalue weighted by molar-refractivity contribution is -0.0372. The van der Waals surface area contributed by atoms with Crippen molar-refractivity contribution in [2.45, 2.75) is 44.5 Å². The minimum Gasteiger partial charge on any atom is -0.444 e. The van der Waals surface area contributed by atoms with Crippen LogP contribution in [0.5, 0.6) is 0 Å². The van der Waals surface area contributed by atoms with Crippen LogP contribution < -0.4 is 0 Å². The molecule has 1 heterocycles. The van der Waals surface area contributed by atoms with Crippen LogP contribution in [0.4, 0.5) is 0 Å². The highest BCUT2D eigenvalue weighted by Crippen LogP contribution is 2.24. The SMILES string of the molecule is CO[C@H]1CCC[C@@H](OCc2coc(-c3ccccc3)n2)C1. The third-order valence-electron chi connectivity index (χ3n) is 3.95. The van der Waals surface area contributed by atoms with Gasteiger partial charge in [0.05, 0.1) is 18.8 Å². The second kappa shape index (κ2) is 6.87. The van der Waals surface area contributed by atoms with Crippen LogP contribution in [0.2, 0.25) is 0 Å². The number of benzene rings is 1. The maximum atomic E-state index is 5.95. The van der Waals surface area contributed by atoms with Gasteiger partial charge in [0.25, 0.3) is 0 Å². The van der Waals surface area contributed by atoms with Crippen molar-refractivity contribution >= 4 is 0 Å². The Balaban J connectivity index is 1.55. The molecule has 4 nitrogen and oxygen atoms in total. The number of ether oxygens (including phenoxy) is 2. The Morgan fingerprint density at radius 3 is 2.81 bits per heavy atom. The zero-order valence-electron chi connectivity index (χ0n) is 12.3. The maximum absolute atomic E-state index is 5.95. The van der Waals surface area contributed by atoms with Crippen molar-refractivity contribution in [3.05, 3.63) is 42.3 Å². The van der Waals surface area contributed by atoms with E-state index in [2.05, 4.69) is 4.98 Å². The normalized spacial score (nSPS) is 22.3. The van der Waals surface area contributed by atoms with Crippen molar-refractivity contribution in [1.29, 1.82) is 0 Å². The van der Waals surface area contributed by atoms with Crippen molar-refractivity contribution in [2.24, 2.45) is 0 Å². The van der Waals surface area contributed by atoms with Gasteiger partial charge in [-0.05, 0) is 37.8 Å². The third-order valence-corrected chi connectivity index (χ3v) is 3.95. The van der Waals surface area contributed by atoms with Crippen LogP contribution in [-0.2, 0) is 16.1 Å². The second-order valence-electron chi connectivity index (χ2n) is 5.47. The summed E-state index contributed by atoms with van der Waals surface area (Å²) < 4.78 is 16.9. The largest absolute Gasteiger partial charge is 0.444 e. The fourth-order valence-electron chi connectivity index (χ4n) is 2.76. The molecule has 1 fully saturated rings. The Bertz CT molecular complexity index is 552. The van der Waals surface area contributed by atoms with Gasteiger partial charge >= 0.3 is 0 Å². The number of methoxy groups -OCH3 is 1. The van der Waals surface area contributed by atoms with Crippen molar-refractivity contribution in [3.8, 4) is 11.5 Å². The summed E-state index contributed by atoms with van der Waals surface area (Å²) in [6.45, 7) is 0.497. The molecule has 0 radical (unpaired) electrons. The van der Waals surface area contributed by atoms with E-state index in [1.807, 2.05) is 30.3 Å². The van der Waals surface area contributed by atoms with Gasteiger partial charge in [-0.3, -0.25) is 0 Å². The first kappa shape index (κ1) is 14.3. The number of nitrogens with zero attached hydrogens (tertiary/aromatic N) is 1. The first-order chi connectivity index (χ1) is 10.3. The molecule has 21 heavy (non-hydrogen) atoms. The summed E-state index contributed by atoms with van der Waals surface area (Å²) in [5.41, 5.74) is 1.83. The van der Waals surface area contributed by atoms with E-state index in [1.54, 1.807) is 13.4 Å². The zero-order valence-corrected chi connectivity index (χ0v) is 12.3. The van der Waals surface area contributed by atoms with E-state index in [9.17, 15) is 0 Å². The summed E-state index contributed by atoms with van der Waals surface area (Å²) in [6.07, 6.45) is 6.65. The summed E-state index contributed by atoms with van der Waals surface area (Å²) >= 11 is 0. The van der Waals surface area contributed by atoms with E-state index in [0.717, 1.165) is 36.9 Å². The Labute approximate surface area is 125 Å². The molecule has 0 N–H and O–H groups in total. The van der Waals surface area contributed by atoms with E-state index in [0.29, 0.717) is 18.6 Å². The lowest BCUT2D eigenvalue weighted by atomic mass is 9.95. The van der Waals surface area contributed by atoms with Crippen LogP contribution in [0, 0.1) is 0 Å². The lowest BCUT2D eigenvalue weighted by Gasteiger charge is -2.27. The molecule has 1 saturated carbocycles. The Kier molecular flexibility index (Phi) is 4.68. The zero-order chi connectivity index (χ0) is 14.5. The summed E-state index contributed by atoms with van der Waals surface area (Å²) in [7, 11) is 1.77. The first-order valence-corrected chi connectivity index (χ1v) is 7.49. The Morgan fingerprint density at radius 1 is 1.19 bits per heavy atom. The fourth-order valence-corrected chi connectivity index (χ4v) is 2.76. The number of rotatable bonds is 5. The average Bonchev–Trinajstić information content (AvgIpc) is 3.03. The molecule has 1 aromatic carbocycles. The standard InChI is InChI=1S/C17H21NO3/c1-19-15-8-5-9-16(10-15)20-11-14-12-21-17(18-14)13-6-3-2-4-7-13/h2-4,6-7,12,15-16H,5,8-11H2,1H3/t15-,16+/m0/s1. The van der Waals surface area contributed by atoms with Crippen molar-refractivity contribution in [2.75, 3.05) is 7.11 Å². The highest BCUT2D eigenvalue weighted by atomic mass is 16.5. The van der Waals surface area contributed by atoms with E-state index < -0.39 is 0 Å². The van der Waals surface area contributed by atoms with Gasteiger partial charge in [-0.1, -0.05) is 18.2 Å². The topological polar surface area (TPSA) is 44.5 Å². The molecule has 0 bridgehead atoms. The molecule has 0 spiro atoms. The summed E-state index contributed by atoms with van der Waals surface area (Å²) in [6, 6.07) is 9.90. The van der Waals surface area contributed by atoms with Crippen LogP contribution >= 0.6 is 0 Å². The number of hydrogen-bond acceptors (Lipinski definition) is 4. The number of oxazole rings is 1. The number of hydrogen-bond donors (Lipinski definition) is 0. The Morgan fingerprint density at radius 2 is 2.00 bits per heavy atom. The van der Waals surface area contributed by atoms with Gasteiger partial charge < -0.3 is 13.9 Å². The van der Waals surface area contributed by atoms with Crippen LogP contribution in [0.3, 0.4) is 0 Å². The molecule has 1 aliphatic carbocycles. The molecular weight excluding hydrogens is 266 g/mol. The minimum atomic E-state index is 0.264. The van der Waals surface area contributed by atoms with Crippen molar-refractivity contribution in [1.82, 2.24) is 4.98 Å². The van der Waals surface area contributed by atoms with Gasteiger partial charge in [0.15, 0.2) is 0 Å². The lowest BCUT2D eigenvalue weighted by Crippen LogP contribution is -2.27. The molecule has 0 amide bonds. The van der Waals surface area contributed by atoms with Gasteiger partial charge in [0, 0.05) is 12.7 Å². The molecule has 2 atom stereocenters. The van der Waals surface area contributed by atoms with Crippen LogP contribution in [0.15, 0.2) is 41.0 Å². The summed E-state index contributed by atoms with van der Waals surface area (Å²) in [4.78, 5) is 4.48. The maximum Gasteiger partial charge on any atom is 0.226 e. The highest BCUT2D eigenvalue weighted by molar-refractivity contribution is 5.52. The van der Waals surface area contributed by atoms with Gasteiger partial charge in [-0.15, -0.1) is 0 Å². The van der Waals surface area contributed by atoms with Crippen LogP contribution in [0.1, 0.15) is 31.4 Å². The average molecular weight is 287 g/mol. The van der Waals surface area contributed by atoms with E-state index in [1.165, 1.54) is 0 Å². The molecule has 2 aromatic rings. The second-order valence-corrected chi connectivity index (χ2v) is 5.47. The molecule has 0 unspecified atom stereocenters. The van der Waals surface area contributed by atoms with Gasteiger partial charge in [0.2, 0.25) is 5.89 Å². The third kappa shape index (κ3) is 3.71. The molecule has 112 valence electrons. The summed E-state index contributed by atoms with van der Waals surface area (Å²) in [5.74, 6) is 0.646. The molecule has 1 aromatic heterocycles. The van der Waals surface area contributed by atoms with Gasteiger partial charge in [-0.25, -0.2) is 4.98 Å². The van der Waals surface area contributed by atoms with Crippen LogP contribution in [-0.4, -0.2) is 24.3 Å². The molecular formula is C17H21NO3. The minimum absolute atomic E-state index is 0.264. The van der Waals surface area contributed by atoms with E-state index in [4.69, 9.17) is 13.9 Å². The molecule has 0 saturated heterocycles. The first-order valence-electron chi connectivity index (χ1n) is 7.49. The monoisotopic (exact) mass is 287 g/mol. The molecule has 3 rings (SSSR count). The van der Waals surface area contributed by atoms with Crippen molar-refractivity contribution in [3.63, 3.8) is 0 Å². The highest BCUT2D eigenvalue weighted by Gasteiger charge is 2.22. The van der Waals surface area contributed by atoms with E-state index in [-0.39, 0.29) is 6.10 Å². The van der Waals surface area contributed by atoms with Crippen LogP contribution in [0.25, 0.3) is 11.5 Å². The van der Waals surface area contributed by atoms with Gasteiger partial charge in [-0.2, -0.15) is 0 Å². The fraction of sp³-hybridized carbons (Fsp3) is 0.471. The smallest absolute Gasteiger partial charge is 0.226 e. The molecule has 4 heteroatoms.